The highest BCUT2D eigenvalue weighted by atomic mass is 79.9. The maximum Gasteiger partial charge on any atom is 0.165 e. The molecule has 0 fully saturated rings. The summed E-state index contributed by atoms with van der Waals surface area (Å²) in [7, 11) is 0. The van der Waals surface area contributed by atoms with Crippen LogP contribution in [0.15, 0.2) is 40.9 Å². The second kappa shape index (κ2) is 6.17. The summed E-state index contributed by atoms with van der Waals surface area (Å²) in [6, 6.07) is 10.6. The van der Waals surface area contributed by atoms with Crippen LogP contribution in [0.4, 0.5) is 4.39 Å². The van der Waals surface area contributed by atoms with Gasteiger partial charge in [0.15, 0.2) is 11.6 Å². The summed E-state index contributed by atoms with van der Waals surface area (Å²) in [4.78, 5) is 0. The van der Waals surface area contributed by atoms with Gasteiger partial charge in [-0.15, -0.1) is 0 Å². The summed E-state index contributed by atoms with van der Waals surface area (Å²) >= 11 is 3.30. The summed E-state index contributed by atoms with van der Waals surface area (Å²) in [6.45, 7) is 2.85. The number of aryl methyl sites for hydroxylation is 1. The van der Waals surface area contributed by atoms with Crippen LogP contribution >= 0.6 is 15.9 Å². The molecule has 0 saturated carbocycles. The van der Waals surface area contributed by atoms with Crippen molar-refractivity contribution in [2.45, 2.75) is 20.1 Å². The van der Waals surface area contributed by atoms with Crippen LogP contribution in [0, 0.1) is 12.7 Å². The van der Waals surface area contributed by atoms with E-state index in [4.69, 9.17) is 10.5 Å². The Balaban J connectivity index is 2.12. The SMILES string of the molecule is Cc1cc(CN)ccc1COc1cc(Br)ccc1F. The van der Waals surface area contributed by atoms with Crippen LogP contribution in [0.25, 0.3) is 0 Å². The first-order chi connectivity index (χ1) is 9.10. The van der Waals surface area contributed by atoms with Gasteiger partial charge >= 0.3 is 0 Å². The van der Waals surface area contributed by atoms with Crippen molar-refractivity contribution in [1.29, 1.82) is 0 Å². The summed E-state index contributed by atoms with van der Waals surface area (Å²) in [5, 5.41) is 0. The zero-order chi connectivity index (χ0) is 13.8. The molecule has 2 N–H and O–H groups in total. The molecule has 0 spiro atoms. The van der Waals surface area contributed by atoms with Crippen molar-refractivity contribution in [3.63, 3.8) is 0 Å². The molecule has 0 heterocycles. The lowest BCUT2D eigenvalue weighted by Crippen LogP contribution is -2.02. The van der Waals surface area contributed by atoms with Crippen molar-refractivity contribution < 1.29 is 9.13 Å². The predicted molar refractivity (Wildman–Crippen MR) is 77.5 cm³/mol. The molecule has 0 radical (unpaired) electrons. The van der Waals surface area contributed by atoms with Gasteiger partial charge in [0.1, 0.15) is 6.61 Å². The van der Waals surface area contributed by atoms with Crippen LogP contribution in [0.2, 0.25) is 0 Å². The van der Waals surface area contributed by atoms with E-state index in [1.807, 2.05) is 25.1 Å². The van der Waals surface area contributed by atoms with Gasteiger partial charge in [-0.25, -0.2) is 4.39 Å². The summed E-state index contributed by atoms with van der Waals surface area (Å²) in [5.74, 6) is -0.115. The first-order valence-electron chi connectivity index (χ1n) is 5.96. The fourth-order valence-electron chi connectivity index (χ4n) is 1.79. The molecule has 0 aliphatic rings. The van der Waals surface area contributed by atoms with E-state index in [2.05, 4.69) is 15.9 Å². The largest absolute Gasteiger partial charge is 0.486 e. The third-order valence-electron chi connectivity index (χ3n) is 2.92. The minimum Gasteiger partial charge on any atom is -0.486 e. The van der Waals surface area contributed by atoms with E-state index in [1.54, 1.807) is 12.1 Å². The smallest absolute Gasteiger partial charge is 0.165 e. The summed E-state index contributed by atoms with van der Waals surface area (Å²) in [5.41, 5.74) is 8.78. The molecule has 2 nitrogen and oxygen atoms in total. The van der Waals surface area contributed by atoms with Gasteiger partial charge in [0.2, 0.25) is 0 Å². The molecule has 0 aromatic heterocycles. The van der Waals surface area contributed by atoms with Gasteiger partial charge in [0, 0.05) is 11.0 Å². The summed E-state index contributed by atoms with van der Waals surface area (Å²) in [6.07, 6.45) is 0. The van der Waals surface area contributed by atoms with Crippen LogP contribution in [-0.4, -0.2) is 0 Å². The van der Waals surface area contributed by atoms with Gasteiger partial charge < -0.3 is 10.5 Å². The average molecular weight is 324 g/mol. The van der Waals surface area contributed by atoms with Gasteiger partial charge in [-0.05, 0) is 41.8 Å². The van der Waals surface area contributed by atoms with Gasteiger partial charge in [-0.2, -0.15) is 0 Å². The minimum absolute atomic E-state index is 0.247. The van der Waals surface area contributed by atoms with E-state index in [0.29, 0.717) is 13.2 Å². The Morgan fingerprint density at radius 1 is 1.21 bits per heavy atom. The third kappa shape index (κ3) is 3.55. The lowest BCUT2D eigenvalue weighted by Gasteiger charge is -2.11. The van der Waals surface area contributed by atoms with Crippen LogP contribution < -0.4 is 10.5 Å². The van der Waals surface area contributed by atoms with Gasteiger partial charge in [0.25, 0.3) is 0 Å². The minimum atomic E-state index is -0.362. The Hall–Kier alpha value is -1.39. The molecule has 100 valence electrons. The molecule has 2 rings (SSSR count). The molecule has 19 heavy (non-hydrogen) atoms. The van der Waals surface area contributed by atoms with Gasteiger partial charge in [0.05, 0.1) is 0 Å². The van der Waals surface area contributed by atoms with E-state index in [-0.39, 0.29) is 11.6 Å². The Bertz CT molecular complexity index is 586. The standard InChI is InChI=1S/C15H15BrFNO/c1-10-6-11(8-18)2-3-12(10)9-19-15-7-13(16)4-5-14(15)17/h2-7H,8-9,18H2,1H3. The third-order valence-corrected chi connectivity index (χ3v) is 3.41. The Morgan fingerprint density at radius 3 is 2.68 bits per heavy atom. The van der Waals surface area contributed by atoms with Crippen LogP contribution in [-0.2, 0) is 13.2 Å². The number of ether oxygens (including phenoxy) is 1. The molecule has 0 saturated heterocycles. The maximum atomic E-state index is 13.5. The summed E-state index contributed by atoms with van der Waals surface area (Å²) < 4.78 is 19.8. The number of hydrogen-bond donors (Lipinski definition) is 1. The number of benzene rings is 2. The number of halogens is 2. The van der Waals surface area contributed by atoms with E-state index in [1.165, 1.54) is 6.07 Å². The fourth-order valence-corrected chi connectivity index (χ4v) is 2.13. The van der Waals surface area contributed by atoms with Crippen molar-refractivity contribution >= 4 is 15.9 Å². The first kappa shape index (κ1) is 14.0. The molecular formula is C15H15BrFNO. The highest BCUT2D eigenvalue weighted by molar-refractivity contribution is 9.10. The molecule has 0 bridgehead atoms. The van der Waals surface area contributed by atoms with Crippen LogP contribution in [0.1, 0.15) is 16.7 Å². The Morgan fingerprint density at radius 2 is 2.00 bits per heavy atom. The highest BCUT2D eigenvalue weighted by Crippen LogP contribution is 2.23. The number of nitrogens with two attached hydrogens (primary N) is 1. The normalized spacial score (nSPS) is 10.5. The van der Waals surface area contributed by atoms with Gasteiger partial charge in [-0.1, -0.05) is 34.1 Å². The van der Waals surface area contributed by atoms with E-state index < -0.39 is 0 Å². The van der Waals surface area contributed by atoms with E-state index in [9.17, 15) is 4.39 Å². The van der Waals surface area contributed by atoms with Crippen LogP contribution in [0.3, 0.4) is 0 Å². The van der Waals surface area contributed by atoms with Crippen LogP contribution in [0.5, 0.6) is 5.75 Å². The van der Waals surface area contributed by atoms with Crippen molar-refractivity contribution in [2.24, 2.45) is 5.73 Å². The van der Waals surface area contributed by atoms with E-state index in [0.717, 1.165) is 21.2 Å². The molecule has 0 atom stereocenters. The lowest BCUT2D eigenvalue weighted by atomic mass is 10.1. The molecule has 0 aliphatic carbocycles. The topological polar surface area (TPSA) is 35.2 Å². The fraction of sp³-hybridized carbons (Fsp3) is 0.200. The second-order valence-electron chi connectivity index (χ2n) is 4.33. The highest BCUT2D eigenvalue weighted by Gasteiger charge is 2.06. The molecule has 4 heteroatoms. The molecular weight excluding hydrogens is 309 g/mol. The Kier molecular flexibility index (Phi) is 4.56. The average Bonchev–Trinajstić information content (AvgIpc) is 2.40. The number of rotatable bonds is 4. The number of hydrogen-bond acceptors (Lipinski definition) is 2. The van der Waals surface area contributed by atoms with Crippen molar-refractivity contribution in [3.8, 4) is 5.75 Å². The predicted octanol–water partition coefficient (Wildman–Crippen LogP) is 3.93. The van der Waals surface area contributed by atoms with Crippen molar-refractivity contribution in [2.75, 3.05) is 0 Å². The molecule has 0 amide bonds. The van der Waals surface area contributed by atoms with Crippen molar-refractivity contribution in [1.82, 2.24) is 0 Å². The monoisotopic (exact) mass is 323 g/mol. The van der Waals surface area contributed by atoms with Crippen molar-refractivity contribution in [3.05, 3.63) is 63.4 Å². The molecule has 2 aromatic carbocycles. The second-order valence-corrected chi connectivity index (χ2v) is 5.24. The zero-order valence-electron chi connectivity index (χ0n) is 10.6. The quantitative estimate of drug-likeness (QED) is 0.925. The maximum absolute atomic E-state index is 13.5. The molecule has 0 unspecified atom stereocenters. The first-order valence-corrected chi connectivity index (χ1v) is 6.76. The lowest BCUT2D eigenvalue weighted by molar-refractivity contribution is 0.289. The molecule has 2 aromatic rings. The van der Waals surface area contributed by atoms with Gasteiger partial charge in [-0.3, -0.25) is 0 Å². The zero-order valence-corrected chi connectivity index (χ0v) is 12.2. The molecule has 0 aliphatic heterocycles. The van der Waals surface area contributed by atoms with E-state index >= 15 is 0 Å². The Labute approximate surface area is 120 Å².